The Balaban J connectivity index is 2.23. The van der Waals surface area contributed by atoms with E-state index in [9.17, 15) is 0 Å². The van der Waals surface area contributed by atoms with E-state index in [-0.39, 0.29) is 0 Å². The van der Waals surface area contributed by atoms with Crippen molar-refractivity contribution in [3.8, 4) is 0 Å². The molecule has 0 spiro atoms. The molecule has 2 heteroatoms. The predicted molar refractivity (Wildman–Crippen MR) is 75.5 cm³/mol. The standard InChI is InChI=1S/C15H26N2/c1-13(15-8-6-5-7-9-15)10-11-16-14(2)12-17(3)4/h5-9,13-14,16H,10-12H2,1-4H3. The zero-order valence-corrected chi connectivity index (χ0v) is 11.6. The Hall–Kier alpha value is -0.860. The molecule has 0 bridgehead atoms. The van der Waals surface area contributed by atoms with Gasteiger partial charge in [0.1, 0.15) is 0 Å². The second kappa shape index (κ2) is 7.46. The van der Waals surface area contributed by atoms with E-state index in [1.807, 2.05) is 0 Å². The van der Waals surface area contributed by atoms with Crippen LogP contribution in [0.5, 0.6) is 0 Å². The Kier molecular flexibility index (Phi) is 6.23. The van der Waals surface area contributed by atoms with Crippen molar-refractivity contribution in [2.75, 3.05) is 27.2 Å². The minimum Gasteiger partial charge on any atom is -0.313 e. The van der Waals surface area contributed by atoms with Gasteiger partial charge in [0.2, 0.25) is 0 Å². The number of hydrogen-bond donors (Lipinski definition) is 1. The molecule has 1 aromatic rings. The summed E-state index contributed by atoms with van der Waals surface area (Å²) in [6, 6.07) is 11.3. The van der Waals surface area contributed by atoms with E-state index in [4.69, 9.17) is 0 Å². The van der Waals surface area contributed by atoms with Gasteiger partial charge in [0.05, 0.1) is 0 Å². The lowest BCUT2D eigenvalue weighted by atomic mass is 9.98. The van der Waals surface area contributed by atoms with Crippen molar-refractivity contribution in [3.05, 3.63) is 35.9 Å². The summed E-state index contributed by atoms with van der Waals surface area (Å²) in [4.78, 5) is 2.22. The molecule has 0 saturated heterocycles. The summed E-state index contributed by atoms with van der Waals surface area (Å²) < 4.78 is 0. The molecule has 1 N–H and O–H groups in total. The maximum absolute atomic E-state index is 3.57. The monoisotopic (exact) mass is 234 g/mol. The molecule has 0 radical (unpaired) electrons. The van der Waals surface area contributed by atoms with Crippen LogP contribution in [0.3, 0.4) is 0 Å². The molecule has 0 fully saturated rings. The Morgan fingerprint density at radius 1 is 1.12 bits per heavy atom. The van der Waals surface area contributed by atoms with Crippen molar-refractivity contribution >= 4 is 0 Å². The molecule has 17 heavy (non-hydrogen) atoms. The van der Waals surface area contributed by atoms with Crippen molar-refractivity contribution in [2.45, 2.75) is 32.2 Å². The fraction of sp³-hybridized carbons (Fsp3) is 0.600. The molecule has 2 unspecified atom stereocenters. The summed E-state index contributed by atoms with van der Waals surface area (Å²) in [6.07, 6.45) is 1.20. The van der Waals surface area contributed by atoms with Crippen LogP contribution in [0.2, 0.25) is 0 Å². The van der Waals surface area contributed by atoms with E-state index in [0.717, 1.165) is 13.1 Å². The molecular weight excluding hydrogens is 208 g/mol. The van der Waals surface area contributed by atoms with Gasteiger partial charge in [-0.1, -0.05) is 37.3 Å². The number of nitrogens with one attached hydrogen (secondary N) is 1. The van der Waals surface area contributed by atoms with Gasteiger partial charge < -0.3 is 10.2 Å². The number of benzene rings is 1. The number of nitrogens with zero attached hydrogens (tertiary/aromatic N) is 1. The third-order valence-corrected chi connectivity index (χ3v) is 3.08. The van der Waals surface area contributed by atoms with Crippen molar-refractivity contribution in [1.29, 1.82) is 0 Å². The first-order chi connectivity index (χ1) is 8.09. The average Bonchev–Trinajstić information content (AvgIpc) is 2.29. The van der Waals surface area contributed by atoms with Gasteiger partial charge in [0, 0.05) is 12.6 Å². The maximum atomic E-state index is 3.57. The van der Waals surface area contributed by atoms with E-state index >= 15 is 0 Å². The highest BCUT2D eigenvalue weighted by atomic mass is 15.1. The molecule has 96 valence electrons. The van der Waals surface area contributed by atoms with Gasteiger partial charge in [0.25, 0.3) is 0 Å². The third-order valence-electron chi connectivity index (χ3n) is 3.08. The van der Waals surface area contributed by atoms with Crippen LogP contribution in [0.4, 0.5) is 0 Å². The average molecular weight is 234 g/mol. The molecule has 0 aliphatic rings. The zero-order chi connectivity index (χ0) is 12.7. The SMILES string of the molecule is CC(CN(C)C)NCCC(C)c1ccccc1. The Morgan fingerprint density at radius 3 is 2.35 bits per heavy atom. The summed E-state index contributed by atoms with van der Waals surface area (Å²) in [7, 11) is 4.23. The Bertz CT molecular complexity index is 295. The lowest BCUT2D eigenvalue weighted by molar-refractivity contribution is 0.347. The van der Waals surface area contributed by atoms with Crippen LogP contribution in [0.1, 0.15) is 31.7 Å². The van der Waals surface area contributed by atoms with E-state index < -0.39 is 0 Å². The Morgan fingerprint density at radius 2 is 1.76 bits per heavy atom. The molecule has 2 atom stereocenters. The molecular formula is C15H26N2. The van der Waals surface area contributed by atoms with Crippen LogP contribution >= 0.6 is 0 Å². The molecule has 2 nitrogen and oxygen atoms in total. The lowest BCUT2D eigenvalue weighted by Crippen LogP contribution is -2.36. The molecule has 0 heterocycles. The summed E-state index contributed by atoms with van der Waals surface area (Å²) in [6.45, 7) is 6.73. The van der Waals surface area contributed by atoms with Gasteiger partial charge in [-0.25, -0.2) is 0 Å². The van der Waals surface area contributed by atoms with Gasteiger partial charge in [-0.15, -0.1) is 0 Å². The van der Waals surface area contributed by atoms with Gasteiger partial charge in [0.15, 0.2) is 0 Å². The molecule has 0 aliphatic carbocycles. The first-order valence-electron chi connectivity index (χ1n) is 6.52. The highest BCUT2D eigenvalue weighted by molar-refractivity contribution is 5.18. The predicted octanol–water partition coefficient (Wildman–Crippen LogP) is 2.72. The van der Waals surface area contributed by atoms with E-state index in [1.165, 1.54) is 12.0 Å². The second-order valence-electron chi connectivity index (χ2n) is 5.22. The molecule has 0 aliphatic heterocycles. The van der Waals surface area contributed by atoms with Crippen molar-refractivity contribution in [3.63, 3.8) is 0 Å². The lowest BCUT2D eigenvalue weighted by Gasteiger charge is -2.19. The summed E-state index contributed by atoms with van der Waals surface area (Å²) in [5.74, 6) is 0.634. The van der Waals surface area contributed by atoms with Crippen molar-refractivity contribution < 1.29 is 0 Å². The van der Waals surface area contributed by atoms with E-state index in [0.29, 0.717) is 12.0 Å². The van der Waals surface area contributed by atoms with Gasteiger partial charge in [-0.2, -0.15) is 0 Å². The molecule has 0 amide bonds. The van der Waals surface area contributed by atoms with Crippen LogP contribution in [0.15, 0.2) is 30.3 Å². The first kappa shape index (κ1) is 14.2. The van der Waals surface area contributed by atoms with Crippen LogP contribution in [0, 0.1) is 0 Å². The number of likely N-dealkylation sites (N-methyl/N-ethyl adjacent to an activating group) is 1. The minimum atomic E-state index is 0.563. The summed E-state index contributed by atoms with van der Waals surface area (Å²) >= 11 is 0. The van der Waals surface area contributed by atoms with Crippen LogP contribution in [-0.4, -0.2) is 38.1 Å². The maximum Gasteiger partial charge on any atom is 0.0166 e. The van der Waals surface area contributed by atoms with Gasteiger partial charge >= 0.3 is 0 Å². The molecule has 0 aromatic heterocycles. The highest BCUT2D eigenvalue weighted by Crippen LogP contribution is 2.17. The number of rotatable bonds is 7. The van der Waals surface area contributed by atoms with Crippen LogP contribution in [-0.2, 0) is 0 Å². The van der Waals surface area contributed by atoms with Crippen molar-refractivity contribution in [2.24, 2.45) is 0 Å². The normalized spacial score (nSPS) is 14.9. The molecule has 1 aromatic carbocycles. The van der Waals surface area contributed by atoms with Gasteiger partial charge in [-0.3, -0.25) is 0 Å². The molecule has 1 rings (SSSR count). The zero-order valence-electron chi connectivity index (χ0n) is 11.6. The summed E-state index contributed by atoms with van der Waals surface area (Å²) in [5, 5.41) is 3.57. The first-order valence-corrected chi connectivity index (χ1v) is 6.52. The van der Waals surface area contributed by atoms with Gasteiger partial charge in [-0.05, 0) is 45.5 Å². The topological polar surface area (TPSA) is 15.3 Å². The quantitative estimate of drug-likeness (QED) is 0.780. The number of hydrogen-bond acceptors (Lipinski definition) is 2. The minimum absolute atomic E-state index is 0.563. The van der Waals surface area contributed by atoms with Crippen LogP contribution < -0.4 is 5.32 Å². The van der Waals surface area contributed by atoms with E-state index in [2.05, 4.69) is 68.5 Å². The fourth-order valence-corrected chi connectivity index (χ4v) is 2.11. The smallest absolute Gasteiger partial charge is 0.0166 e. The molecule has 0 saturated carbocycles. The highest BCUT2D eigenvalue weighted by Gasteiger charge is 2.06. The van der Waals surface area contributed by atoms with Crippen LogP contribution in [0.25, 0.3) is 0 Å². The second-order valence-corrected chi connectivity index (χ2v) is 5.22. The fourth-order valence-electron chi connectivity index (χ4n) is 2.11. The largest absolute Gasteiger partial charge is 0.313 e. The van der Waals surface area contributed by atoms with Crippen molar-refractivity contribution in [1.82, 2.24) is 10.2 Å². The Labute approximate surface area is 106 Å². The summed E-state index contributed by atoms with van der Waals surface area (Å²) in [5.41, 5.74) is 1.44. The van der Waals surface area contributed by atoms with E-state index in [1.54, 1.807) is 0 Å². The third kappa shape index (κ3) is 5.85.